The van der Waals surface area contributed by atoms with Crippen molar-refractivity contribution in [1.82, 2.24) is 5.32 Å². The number of hydrogen-bond acceptors (Lipinski definition) is 4. The van der Waals surface area contributed by atoms with E-state index in [0.29, 0.717) is 13.2 Å². The molecule has 1 aromatic carbocycles. The summed E-state index contributed by atoms with van der Waals surface area (Å²) in [5.41, 5.74) is 2.36. The van der Waals surface area contributed by atoms with Crippen molar-refractivity contribution in [3.05, 3.63) is 29.8 Å². The van der Waals surface area contributed by atoms with Crippen LogP contribution in [0.15, 0.2) is 24.3 Å². The minimum absolute atomic E-state index is 0.210. The Morgan fingerprint density at radius 1 is 1.26 bits per heavy atom. The van der Waals surface area contributed by atoms with Crippen LogP contribution in [0.4, 0.5) is 5.69 Å². The molecule has 0 amide bonds. The lowest BCUT2D eigenvalue weighted by Gasteiger charge is -2.24. The average Bonchev–Trinajstić information content (AvgIpc) is 3.04. The summed E-state index contributed by atoms with van der Waals surface area (Å²) in [7, 11) is 0. The predicted octanol–water partition coefficient (Wildman–Crippen LogP) is 3.11. The van der Waals surface area contributed by atoms with Crippen molar-refractivity contribution in [2.24, 2.45) is 0 Å². The Bertz CT molecular complexity index is 479. The molecule has 0 aromatic heterocycles. The molecule has 2 N–H and O–H groups in total. The third-order valence-corrected chi connectivity index (χ3v) is 4.21. The largest absolute Gasteiger partial charge is 0.389 e. The molecular weight excluding hydrogens is 288 g/mol. The Labute approximate surface area is 140 Å². The van der Waals surface area contributed by atoms with Crippen LogP contribution < -0.4 is 10.2 Å². The van der Waals surface area contributed by atoms with Crippen molar-refractivity contribution in [2.75, 3.05) is 31.1 Å². The van der Waals surface area contributed by atoms with Gasteiger partial charge in [-0.25, -0.2) is 0 Å². The van der Waals surface area contributed by atoms with Crippen LogP contribution in [-0.4, -0.2) is 43.1 Å². The van der Waals surface area contributed by atoms with Crippen molar-refractivity contribution in [3.63, 3.8) is 0 Å². The standard InChI is InChI=1S/C19H32N2O2/c1-15(20-13-18(22)14-23-19(2,3)4)16-8-7-9-17(12-16)21-10-5-6-11-21/h7-9,12,15,18,20,22H,5-6,10-11,13-14H2,1-4H3. The van der Waals surface area contributed by atoms with E-state index in [1.54, 1.807) is 0 Å². The maximum absolute atomic E-state index is 10.0. The molecule has 0 bridgehead atoms. The fourth-order valence-electron chi connectivity index (χ4n) is 2.80. The lowest BCUT2D eigenvalue weighted by atomic mass is 10.1. The van der Waals surface area contributed by atoms with Crippen LogP contribution in [0.3, 0.4) is 0 Å². The van der Waals surface area contributed by atoms with E-state index in [-0.39, 0.29) is 11.6 Å². The molecule has 23 heavy (non-hydrogen) atoms. The van der Waals surface area contributed by atoms with E-state index in [9.17, 15) is 5.11 Å². The monoisotopic (exact) mass is 320 g/mol. The van der Waals surface area contributed by atoms with Crippen LogP contribution in [0, 0.1) is 0 Å². The van der Waals surface area contributed by atoms with Crippen molar-refractivity contribution in [3.8, 4) is 0 Å². The fraction of sp³-hybridized carbons (Fsp3) is 0.684. The van der Waals surface area contributed by atoms with Gasteiger partial charge in [-0.1, -0.05) is 12.1 Å². The van der Waals surface area contributed by atoms with Crippen molar-refractivity contribution in [1.29, 1.82) is 0 Å². The fourth-order valence-corrected chi connectivity index (χ4v) is 2.80. The Morgan fingerprint density at radius 3 is 2.61 bits per heavy atom. The summed E-state index contributed by atoms with van der Waals surface area (Å²) in [5, 5.41) is 13.4. The van der Waals surface area contributed by atoms with Gasteiger partial charge in [0.05, 0.1) is 18.3 Å². The highest BCUT2D eigenvalue weighted by atomic mass is 16.5. The molecule has 1 saturated heterocycles. The first kappa shape index (κ1) is 18.2. The first-order valence-electron chi connectivity index (χ1n) is 8.75. The molecule has 130 valence electrons. The second-order valence-electron chi connectivity index (χ2n) is 7.50. The van der Waals surface area contributed by atoms with Gasteiger partial charge in [0, 0.05) is 31.4 Å². The molecule has 0 saturated carbocycles. The van der Waals surface area contributed by atoms with Crippen LogP contribution in [0.5, 0.6) is 0 Å². The quantitative estimate of drug-likeness (QED) is 0.810. The predicted molar refractivity (Wildman–Crippen MR) is 96.0 cm³/mol. The minimum atomic E-state index is -0.488. The maximum atomic E-state index is 10.0. The lowest BCUT2D eigenvalue weighted by Crippen LogP contribution is -2.34. The second-order valence-corrected chi connectivity index (χ2v) is 7.50. The van der Waals surface area contributed by atoms with Crippen molar-refractivity contribution >= 4 is 5.69 Å². The third-order valence-electron chi connectivity index (χ3n) is 4.21. The molecule has 1 fully saturated rings. The van der Waals surface area contributed by atoms with Gasteiger partial charge in [-0.2, -0.15) is 0 Å². The Kier molecular flexibility index (Phi) is 6.45. The second kappa shape index (κ2) is 8.13. The number of aliphatic hydroxyl groups is 1. The topological polar surface area (TPSA) is 44.7 Å². The van der Waals surface area contributed by atoms with E-state index in [1.165, 1.54) is 24.1 Å². The van der Waals surface area contributed by atoms with E-state index in [1.807, 2.05) is 20.8 Å². The molecule has 2 rings (SSSR count). The van der Waals surface area contributed by atoms with Crippen LogP contribution >= 0.6 is 0 Å². The van der Waals surface area contributed by atoms with Crippen LogP contribution in [-0.2, 0) is 4.74 Å². The number of nitrogens with zero attached hydrogens (tertiary/aromatic N) is 1. The Balaban J connectivity index is 1.83. The summed E-state index contributed by atoms with van der Waals surface area (Å²) < 4.78 is 5.62. The molecule has 2 atom stereocenters. The first-order chi connectivity index (χ1) is 10.8. The average molecular weight is 320 g/mol. The molecule has 1 aromatic rings. The smallest absolute Gasteiger partial charge is 0.0898 e. The van der Waals surface area contributed by atoms with E-state index >= 15 is 0 Å². The number of hydrogen-bond donors (Lipinski definition) is 2. The van der Waals surface area contributed by atoms with Gasteiger partial charge < -0.3 is 20.1 Å². The summed E-state index contributed by atoms with van der Waals surface area (Å²) in [6.45, 7) is 11.4. The summed E-state index contributed by atoms with van der Waals surface area (Å²) in [6, 6.07) is 8.94. The zero-order valence-corrected chi connectivity index (χ0v) is 15.0. The normalized spacial score (nSPS) is 18.2. The van der Waals surface area contributed by atoms with Crippen molar-refractivity contribution in [2.45, 2.75) is 58.3 Å². The zero-order valence-electron chi connectivity index (χ0n) is 15.0. The van der Waals surface area contributed by atoms with Gasteiger partial charge in [0.15, 0.2) is 0 Å². The van der Waals surface area contributed by atoms with Gasteiger partial charge in [0.25, 0.3) is 0 Å². The number of rotatable bonds is 7. The van der Waals surface area contributed by atoms with Crippen LogP contribution in [0.1, 0.15) is 52.1 Å². The maximum Gasteiger partial charge on any atom is 0.0898 e. The summed E-state index contributed by atoms with van der Waals surface area (Å²) in [5.74, 6) is 0. The third kappa shape index (κ3) is 6.13. The molecule has 2 unspecified atom stereocenters. The molecule has 4 heteroatoms. The number of aliphatic hydroxyl groups excluding tert-OH is 1. The lowest BCUT2D eigenvalue weighted by molar-refractivity contribution is -0.0482. The summed E-state index contributed by atoms with van der Waals surface area (Å²) >= 11 is 0. The first-order valence-corrected chi connectivity index (χ1v) is 8.75. The zero-order chi connectivity index (χ0) is 16.9. The van der Waals surface area contributed by atoms with Crippen LogP contribution in [0.2, 0.25) is 0 Å². The van der Waals surface area contributed by atoms with Crippen LogP contribution in [0.25, 0.3) is 0 Å². The summed E-state index contributed by atoms with van der Waals surface area (Å²) in [4.78, 5) is 2.45. The Hall–Kier alpha value is -1.10. The molecule has 0 radical (unpaired) electrons. The molecule has 1 aliphatic rings. The van der Waals surface area contributed by atoms with E-state index in [0.717, 1.165) is 13.1 Å². The Morgan fingerprint density at radius 2 is 1.96 bits per heavy atom. The van der Waals surface area contributed by atoms with Gasteiger partial charge in [-0.05, 0) is 58.2 Å². The van der Waals surface area contributed by atoms with Gasteiger partial charge in [0.1, 0.15) is 0 Å². The molecule has 4 nitrogen and oxygen atoms in total. The molecule has 1 aliphatic heterocycles. The van der Waals surface area contributed by atoms with Gasteiger partial charge >= 0.3 is 0 Å². The van der Waals surface area contributed by atoms with E-state index < -0.39 is 6.10 Å². The number of nitrogens with one attached hydrogen (secondary N) is 1. The van der Waals surface area contributed by atoms with Crippen molar-refractivity contribution < 1.29 is 9.84 Å². The molecule has 0 aliphatic carbocycles. The molecule has 0 spiro atoms. The highest BCUT2D eigenvalue weighted by Gasteiger charge is 2.16. The van der Waals surface area contributed by atoms with E-state index in [2.05, 4.69) is 41.4 Å². The van der Waals surface area contributed by atoms with E-state index in [4.69, 9.17) is 4.74 Å². The molecule has 1 heterocycles. The molecular formula is C19H32N2O2. The highest BCUT2D eigenvalue weighted by Crippen LogP contribution is 2.23. The number of anilines is 1. The highest BCUT2D eigenvalue weighted by molar-refractivity contribution is 5.49. The summed E-state index contributed by atoms with van der Waals surface area (Å²) in [6.07, 6.45) is 2.09. The number of benzene rings is 1. The van der Waals surface area contributed by atoms with Gasteiger partial charge in [0.2, 0.25) is 0 Å². The number of ether oxygens (including phenoxy) is 1. The van der Waals surface area contributed by atoms with Gasteiger partial charge in [-0.15, -0.1) is 0 Å². The van der Waals surface area contributed by atoms with Gasteiger partial charge in [-0.3, -0.25) is 0 Å². The SMILES string of the molecule is CC(NCC(O)COC(C)(C)C)c1cccc(N2CCCC2)c1. The minimum Gasteiger partial charge on any atom is -0.389 e.